The van der Waals surface area contributed by atoms with Gasteiger partial charge in [-0.2, -0.15) is 0 Å². The highest BCUT2D eigenvalue weighted by Gasteiger charge is 2.35. The van der Waals surface area contributed by atoms with E-state index in [-0.39, 0.29) is 17.3 Å². The lowest BCUT2D eigenvalue weighted by Crippen LogP contribution is -2.42. The highest BCUT2D eigenvalue weighted by molar-refractivity contribution is 9.10. The number of nitrogens with one attached hydrogen (secondary N) is 1. The Bertz CT molecular complexity index is 896. The predicted octanol–water partition coefficient (Wildman–Crippen LogP) is 3.15. The molecule has 1 aliphatic rings. The van der Waals surface area contributed by atoms with Gasteiger partial charge in [0.15, 0.2) is 0 Å². The molecule has 0 aliphatic carbocycles. The Labute approximate surface area is 149 Å². The van der Waals surface area contributed by atoms with E-state index in [4.69, 9.17) is 0 Å². The molecule has 0 bridgehead atoms. The number of sulfonamides is 1. The number of hydrogen-bond acceptors (Lipinski definition) is 3. The van der Waals surface area contributed by atoms with Crippen LogP contribution in [-0.2, 0) is 14.8 Å². The van der Waals surface area contributed by atoms with Gasteiger partial charge in [-0.1, -0.05) is 41.1 Å². The molecule has 2 aromatic carbocycles. The summed E-state index contributed by atoms with van der Waals surface area (Å²) < 4.78 is 28.0. The van der Waals surface area contributed by atoms with E-state index in [9.17, 15) is 13.2 Å². The zero-order chi connectivity index (χ0) is 17.3. The second kappa shape index (κ2) is 6.57. The Morgan fingerprint density at radius 2 is 1.92 bits per heavy atom. The van der Waals surface area contributed by atoms with E-state index in [2.05, 4.69) is 21.2 Å². The number of hydrogen-bond donors (Lipinski definition) is 1. The van der Waals surface area contributed by atoms with Crippen LogP contribution in [0, 0.1) is 0 Å². The Kier molecular flexibility index (Phi) is 4.64. The first kappa shape index (κ1) is 17.0. The number of carbonyl (C=O) groups excluding carboxylic acids is 1. The van der Waals surface area contributed by atoms with Crippen LogP contribution >= 0.6 is 15.9 Å². The molecule has 24 heavy (non-hydrogen) atoms. The molecule has 7 heteroatoms. The number of nitrogens with zero attached hydrogens (tertiary/aromatic N) is 1. The minimum Gasteiger partial charge on any atom is -0.355 e. The number of benzene rings is 2. The molecule has 0 saturated heterocycles. The summed E-state index contributed by atoms with van der Waals surface area (Å²) in [6.07, 6.45) is 0.796. The van der Waals surface area contributed by atoms with Gasteiger partial charge >= 0.3 is 0 Å². The van der Waals surface area contributed by atoms with Crippen molar-refractivity contribution < 1.29 is 13.2 Å². The van der Waals surface area contributed by atoms with E-state index in [0.29, 0.717) is 17.8 Å². The number of carbonyl (C=O) groups is 1. The molecule has 0 spiro atoms. The Morgan fingerprint density at radius 3 is 2.67 bits per heavy atom. The van der Waals surface area contributed by atoms with E-state index < -0.39 is 10.0 Å². The summed E-state index contributed by atoms with van der Waals surface area (Å²) in [4.78, 5) is 12.3. The highest BCUT2D eigenvalue weighted by Crippen LogP contribution is 2.43. The van der Waals surface area contributed by atoms with Gasteiger partial charge in [0.25, 0.3) is 10.0 Å². The molecule has 1 heterocycles. The van der Waals surface area contributed by atoms with Crippen molar-refractivity contribution in [2.24, 2.45) is 0 Å². The van der Waals surface area contributed by atoms with Crippen molar-refractivity contribution in [1.29, 1.82) is 0 Å². The van der Waals surface area contributed by atoms with Gasteiger partial charge in [0.05, 0.1) is 10.6 Å². The lowest BCUT2D eigenvalue weighted by Gasteiger charge is -2.31. The Hall–Kier alpha value is -1.86. The topological polar surface area (TPSA) is 66.5 Å². The number of fused-ring (bicyclic) bond motifs is 3. The van der Waals surface area contributed by atoms with E-state index in [1.807, 2.05) is 19.1 Å². The van der Waals surface area contributed by atoms with Crippen LogP contribution in [0.25, 0.3) is 11.1 Å². The number of halogens is 1. The van der Waals surface area contributed by atoms with Crippen LogP contribution in [0.15, 0.2) is 51.8 Å². The molecule has 5 nitrogen and oxygen atoms in total. The third-order valence-corrected chi connectivity index (χ3v) is 6.14. The zero-order valence-electron chi connectivity index (χ0n) is 13.1. The van der Waals surface area contributed by atoms with Gasteiger partial charge in [0.2, 0.25) is 5.91 Å². The van der Waals surface area contributed by atoms with Crippen LogP contribution < -0.4 is 9.62 Å². The lowest BCUT2D eigenvalue weighted by atomic mass is 10.0. The quantitative estimate of drug-likeness (QED) is 0.844. The van der Waals surface area contributed by atoms with Crippen molar-refractivity contribution >= 4 is 37.5 Å². The number of amides is 1. The van der Waals surface area contributed by atoms with Crippen molar-refractivity contribution in [3.63, 3.8) is 0 Å². The summed E-state index contributed by atoms with van der Waals surface area (Å²) in [6.45, 7) is 2.24. The van der Waals surface area contributed by atoms with Crippen molar-refractivity contribution in [3.05, 3.63) is 46.9 Å². The van der Waals surface area contributed by atoms with E-state index >= 15 is 0 Å². The van der Waals surface area contributed by atoms with Gasteiger partial charge in [-0.25, -0.2) is 8.42 Å². The summed E-state index contributed by atoms with van der Waals surface area (Å²) in [6, 6.07) is 12.2. The fourth-order valence-corrected chi connectivity index (χ4v) is 4.73. The van der Waals surface area contributed by atoms with Gasteiger partial charge in [0.1, 0.15) is 6.54 Å². The molecule has 0 fully saturated rings. The molecule has 1 amide bonds. The number of anilines is 1. The van der Waals surface area contributed by atoms with Gasteiger partial charge in [0, 0.05) is 22.1 Å². The van der Waals surface area contributed by atoms with Crippen molar-refractivity contribution in [2.45, 2.75) is 18.2 Å². The third kappa shape index (κ3) is 2.93. The fraction of sp³-hybridized carbons (Fsp3) is 0.235. The standard InChI is InChI=1S/C17H17BrN2O3S/c1-2-9-19-17(21)11-20-15-8-7-12(18)10-14(15)13-5-3-4-6-16(13)24(20,22)23/h3-8,10H,2,9,11H2,1H3,(H,19,21). The number of rotatable bonds is 4. The molecular formula is C17H17BrN2O3S. The Morgan fingerprint density at radius 1 is 1.17 bits per heavy atom. The highest BCUT2D eigenvalue weighted by atomic mass is 79.9. The van der Waals surface area contributed by atoms with Crippen LogP contribution in [0.2, 0.25) is 0 Å². The summed E-state index contributed by atoms with van der Waals surface area (Å²) in [5.74, 6) is -0.311. The molecule has 126 valence electrons. The van der Waals surface area contributed by atoms with Gasteiger partial charge in [-0.05, 0) is 30.7 Å². The van der Waals surface area contributed by atoms with Gasteiger partial charge in [-0.15, -0.1) is 0 Å². The van der Waals surface area contributed by atoms with E-state index in [1.165, 1.54) is 4.31 Å². The second-order valence-corrected chi connectivity index (χ2v) is 8.27. The normalized spacial score (nSPS) is 14.7. The predicted molar refractivity (Wildman–Crippen MR) is 97.4 cm³/mol. The largest absolute Gasteiger partial charge is 0.355 e. The summed E-state index contributed by atoms with van der Waals surface area (Å²) in [5.41, 5.74) is 1.96. The average Bonchev–Trinajstić information content (AvgIpc) is 2.57. The maximum Gasteiger partial charge on any atom is 0.265 e. The summed E-state index contributed by atoms with van der Waals surface area (Å²) >= 11 is 3.43. The minimum atomic E-state index is -3.77. The van der Waals surface area contributed by atoms with Crippen molar-refractivity contribution in [1.82, 2.24) is 5.32 Å². The van der Waals surface area contributed by atoms with Crippen LogP contribution in [0.1, 0.15) is 13.3 Å². The average molecular weight is 409 g/mol. The van der Waals surface area contributed by atoms with Crippen LogP contribution in [0.5, 0.6) is 0 Å². The van der Waals surface area contributed by atoms with Gasteiger partial charge < -0.3 is 5.32 Å². The summed E-state index contributed by atoms with van der Waals surface area (Å²) in [7, 11) is -3.77. The molecule has 2 aromatic rings. The molecule has 1 N–H and O–H groups in total. The summed E-state index contributed by atoms with van der Waals surface area (Å²) in [5, 5.41) is 2.73. The Balaban J connectivity index is 2.12. The van der Waals surface area contributed by atoms with E-state index in [1.54, 1.807) is 30.3 Å². The molecule has 0 saturated carbocycles. The molecule has 1 aliphatic heterocycles. The molecule has 3 rings (SSSR count). The monoisotopic (exact) mass is 408 g/mol. The first-order valence-corrected chi connectivity index (χ1v) is 9.87. The maximum atomic E-state index is 13.0. The maximum absolute atomic E-state index is 13.0. The first-order chi connectivity index (χ1) is 11.4. The van der Waals surface area contributed by atoms with Crippen molar-refractivity contribution in [2.75, 3.05) is 17.4 Å². The molecule has 0 unspecified atom stereocenters. The van der Waals surface area contributed by atoms with E-state index in [0.717, 1.165) is 16.5 Å². The fourth-order valence-electron chi connectivity index (χ4n) is 2.72. The second-order valence-electron chi connectivity index (χ2n) is 5.52. The third-order valence-electron chi connectivity index (χ3n) is 3.83. The van der Waals surface area contributed by atoms with Crippen LogP contribution in [-0.4, -0.2) is 27.4 Å². The van der Waals surface area contributed by atoms with Crippen LogP contribution in [0.4, 0.5) is 5.69 Å². The van der Waals surface area contributed by atoms with Crippen LogP contribution in [0.3, 0.4) is 0 Å². The van der Waals surface area contributed by atoms with Gasteiger partial charge in [-0.3, -0.25) is 9.10 Å². The molecule has 0 radical (unpaired) electrons. The lowest BCUT2D eigenvalue weighted by molar-refractivity contribution is -0.119. The first-order valence-electron chi connectivity index (χ1n) is 7.63. The van der Waals surface area contributed by atoms with Crippen molar-refractivity contribution in [3.8, 4) is 11.1 Å². The minimum absolute atomic E-state index is 0.221. The SMILES string of the molecule is CCCNC(=O)CN1c2ccc(Br)cc2-c2ccccc2S1(=O)=O. The molecule has 0 atom stereocenters. The zero-order valence-corrected chi connectivity index (χ0v) is 15.5. The molecule has 0 aromatic heterocycles. The molecular weight excluding hydrogens is 392 g/mol. The smallest absolute Gasteiger partial charge is 0.265 e.